The minimum absolute atomic E-state index is 0.971. The molecule has 0 saturated carbocycles. The third kappa shape index (κ3) is 4.76. The van der Waals surface area contributed by atoms with Crippen LogP contribution in [0, 0.1) is 0 Å². The van der Waals surface area contributed by atoms with Gasteiger partial charge in [0.25, 0.3) is 0 Å². The second kappa shape index (κ2) is 12.3. The molecule has 0 radical (unpaired) electrons. The van der Waals surface area contributed by atoms with Crippen LogP contribution in [-0.2, 0) is 0 Å². The molecule has 54 heavy (non-hydrogen) atoms. The zero-order valence-corrected chi connectivity index (χ0v) is 29.5. The first-order valence-corrected chi connectivity index (χ1v) is 18.6. The molecule has 11 rings (SSSR count). The largest absolute Gasteiger partial charge is 0.256 e. The second-order valence-corrected chi connectivity index (χ2v) is 14.2. The molecule has 0 atom stereocenters. The number of hydrogen-bond acceptors (Lipinski definition) is 1. The van der Waals surface area contributed by atoms with Gasteiger partial charge in [0.15, 0.2) is 0 Å². The van der Waals surface area contributed by atoms with Crippen molar-refractivity contribution in [3.63, 3.8) is 0 Å². The van der Waals surface area contributed by atoms with Crippen molar-refractivity contribution in [1.29, 1.82) is 0 Å². The molecule has 0 amide bonds. The predicted molar refractivity (Wildman–Crippen MR) is 228 cm³/mol. The molecule has 1 aliphatic rings. The van der Waals surface area contributed by atoms with Crippen LogP contribution < -0.4 is 0 Å². The first-order valence-electron chi connectivity index (χ1n) is 18.6. The first kappa shape index (κ1) is 30.5. The van der Waals surface area contributed by atoms with Crippen LogP contribution in [0.25, 0.3) is 110 Å². The van der Waals surface area contributed by atoms with E-state index >= 15 is 0 Å². The van der Waals surface area contributed by atoms with Crippen LogP contribution in [0.2, 0.25) is 0 Å². The number of pyridine rings is 1. The predicted octanol–water partition coefficient (Wildman–Crippen LogP) is 14.5. The highest BCUT2D eigenvalue weighted by atomic mass is 14.7. The summed E-state index contributed by atoms with van der Waals surface area (Å²) in [6.07, 6.45) is 2.11. The molecule has 0 aliphatic heterocycles. The van der Waals surface area contributed by atoms with Crippen molar-refractivity contribution < 1.29 is 0 Å². The average molecular weight is 684 g/mol. The molecule has 1 heteroatoms. The van der Waals surface area contributed by atoms with Crippen LogP contribution >= 0.6 is 0 Å². The SMILES string of the molecule is c1cc(-c2ccc3ccccc3c2)cc(-c2c3ccccc3c(-c3cc4c(cn3)-c3ccccc3-c3ccccc3-c3ccccc3-4)c3ccccc23)c1. The lowest BCUT2D eigenvalue weighted by Gasteiger charge is -2.24. The van der Waals surface area contributed by atoms with E-state index in [1.807, 2.05) is 0 Å². The van der Waals surface area contributed by atoms with Gasteiger partial charge in [-0.2, -0.15) is 0 Å². The molecule has 9 aromatic carbocycles. The van der Waals surface area contributed by atoms with Crippen molar-refractivity contribution in [2.45, 2.75) is 0 Å². The first-order chi connectivity index (χ1) is 26.8. The Kier molecular flexibility index (Phi) is 6.93. The van der Waals surface area contributed by atoms with E-state index in [0.717, 1.165) is 16.8 Å². The fourth-order valence-electron chi connectivity index (χ4n) is 8.83. The quantitative estimate of drug-likeness (QED) is 0.169. The third-order valence-electron chi connectivity index (χ3n) is 11.3. The fourth-order valence-corrected chi connectivity index (χ4v) is 8.83. The number of rotatable bonds is 3. The number of fused-ring (bicyclic) bond motifs is 11. The van der Waals surface area contributed by atoms with E-state index in [1.54, 1.807) is 0 Å². The summed E-state index contributed by atoms with van der Waals surface area (Å²) in [5.41, 5.74) is 16.7. The van der Waals surface area contributed by atoms with Crippen molar-refractivity contribution >= 4 is 32.3 Å². The topological polar surface area (TPSA) is 12.9 Å². The standard InChI is InChI=1S/C53H33N/c1-2-15-35-30-37(29-28-34(35)14-1)36-16-13-17-38(31-36)52-45-24-9-11-26-47(45)53(48-27-12-10-25-46(48)52)51-32-49-43-22-7-5-20-41(43)39-18-3-4-19-40(39)42-21-6-8-23-44(42)50(49)33-54-51/h1-33H. The lowest BCUT2D eigenvalue weighted by Crippen LogP contribution is -1.99. The van der Waals surface area contributed by atoms with E-state index in [-0.39, 0.29) is 0 Å². The van der Waals surface area contributed by atoms with Gasteiger partial charge in [-0.25, -0.2) is 0 Å². The highest BCUT2D eigenvalue weighted by Crippen LogP contribution is 2.50. The maximum Gasteiger partial charge on any atom is 0.0721 e. The van der Waals surface area contributed by atoms with Crippen molar-refractivity contribution in [2.75, 3.05) is 0 Å². The van der Waals surface area contributed by atoms with Crippen LogP contribution in [0.15, 0.2) is 200 Å². The molecule has 1 aliphatic carbocycles. The molecule has 0 spiro atoms. The zero-order valence-electron chi connectivity index (χ0n) is 29.5. The second-order valence-electron chi connectivity index (χ2n) is 14.2. The van der Waals surface area contributed by atoms with Gasteiger partial charge in [0.05, 0.1) is 5.69 Å². The molecular weight excluding hydrogens is 651 g/mol. The Morgan fingerprint density at radius 3 is 1.30 bits per heavy atom. The third-order valence-corrected chi connectivity index (χ3v) is 11.3. The molecule has 0 N–H and O–H groups in total. The van der Waals surface area contributed by atoms with Gasteiger partial charge in [0, 0.05) is 17.3 Å². The normalized spacial score (nSPS) is 11.7. The Morgan fingerprint density at radius 2 is 0.704 bits per heavy atom. The lowest BCUT2D eigenvalue weighted by atomic mass is 9.81. The van der Waals surface area contributed by atoms with Crippen LogP contribution in [0.1, 0.15) is 0 Å². The van der Waals surface area contributed by atoms with E-state index in [4.69, 9.17) is 4.98 Å². The van der Waals surface area contributed by atoms with Gasteiger partial charge >= 0.3 is 0 Å². The summed E-state index contributed by atoms with van der Waals surface area (Å²) in [6.45, 7) is 0. The van der Waals surface area contributed by atoms with Crippen molar-refractivity contribution in [3.05, 3.63) is 200 Å². The molecular formula is C53H33N. The van der Waals surface area contributed by atoms with E-state index in [2.05, 4.69) is 200 Å². The Hall–Kier alpha value is -7.09. The summed E-state index contributed by atoms with van der Waals surface area (Å²) < 4.78 is 0. The van der Waals surface area contributed by atoms with Gasteiger partial charge in [-0.05, 0) is 112 Å². The van der Waals surface area contributed by atoms with Crippen molar-refractivity contribution in [2.24, 2.45) is 0 Å². The van der Waals surface area contributed by atoms with Crippen molar-refractivity contribution in [3.8, 4) is 78.0 Å². The maximum absolute atomic E-state index is 5.34. The Labute approximate surface area is 314 Å². The molecule has 0 saturated heterocycles. The minimum Gasteiger partial charge on any atom is -0.256 e. The molecule has 0 unspecified atom stereocenters. The summed E-state index contributed by atoms with van der Waals surface area (Å²) in [5.74, 6) is 0. The van der Waals surface area contributed by atoms with Gasteiger partial charge in [-0.1, -0.05) is 176 Å². The van der Waals surface area contributed by atoms with Gasteiger partial charge < -0.3 is 0 Å². The molecule has 250 valence electrons. The molecule has 1 heterocycles. The monoisotopic (exact) mass is 683 g/mol. The molecule has 1 nitrogen and oxygen atoms in total. The van der Waals surface area contributed by atoms with Gasteiger partial charge in [0.2, 0.25) is 0 Å². The van der Waals surface area contributed by atoms with Crippen LogP contribution in [-0.4, -0.2) is 4.98 Å². The Balaban J connectivity index is 1.16. The summed E-state index contributed by atoms with van der Waals surface area (Å²) in [4.78, 5) is 5.34. The van der Waals surface area contributed by atoms with Gasteiger partial charge in [-0.3, -0.25) is 4.98 Å². The molecule has 0 bridgehead atoms. The number of aromatic nitrogens is 1. The fraction of sp³-hybridized carbons (Fsp3) is 0. The Morgan fingerprint density at radius 1 is 0.259 bits per heavy atom. The summed E-state index contributed by atoms with van der Waals surface area (Å²) >= 11 is 0. The van der Waals surface area contributed by atoms with E-state index in [9.17, 15) is 0 Å². The summed E-state index contributed by atoms with van der Waals surface area (Å²) in [5, 5.41) is 7.33. The number of benzene rings is 9. The van der Waals surface area contributed by atoms with Gasteiger partial charge in [-0.15, -0.1) is 0 Å². The van der Waals surface area contributed by atoms with Crippen LogP contribution in [0.4, 0.5) is 0 Å². The van der Waals surface area contributed by atoms with E-state index in [1.165, 1.54) is 93.5 Å². The molecule has 0 fully saturated rings. The summed E-state index contributed by atoms with van der Waals surface area (Å²) in [7, 11) is 0. The molecule has 1 aromatic heterocycles. The van der Waals surface area contributed by atoms with Crippen LogP contribution in [0.3, 0.4) is 0 Å². The highest BCUT2D eigenvalue weighted by Gasteiger charge is 2.24. The van der Waals surface area contributed by atoms with Gasteiger partial charge in [0.1, 0.15) is 0 Å². The van der Waals surface area contributed by atoms with E-state index < -0.39 is 0 Å². The highest BCUT2D eigenvalue weighted by molar-refractivity contribution is 6.21. The molecule has 10 aromatic rings. The number of nitrogens with zero attached hydrogens (tertiary/aromatic N) is 1. The smallest absolute Gasteiger partial charge is 0.0721 e. The minimum atomic E-state index is 0.971. The zero-order chi connectivity index (χ0) is 35.6. The average Bonchev–Trinajstić information content (AvgIpc) is 3.25. The van der Waals surface area contributed by atoms with Crippen molar-refractivity contribution in [1.82, 2.24) is 4.98 Å². The summed E-state index contributed by atoms with van der Waals surface area (Å²) in [6, 6.07) is 70.8. The maximum atomic E-state index is 5.34. The Bertz CT molecular complexity index is 3050. The number of hydrogen-bond donors (Lipinski definition) is 0. The van der Waals surface area contributed by atoms with E-state index in [0.29, 0.717) is 0 Å². The lowest BCUT2D eigenvalue weighted by molar-refractivity contribution is 1.33. The van der Waals surface area contributed by atoms with Crippen LogP contribution in [0.5, 0.6) is 0 Å².